The van der Waals surface area contributed by atoms with Gasteiger partial charge in [-0.05, 0) is 59.8 Å². The highest BCUT2D eigenvalue weighted by atomic mass is 35.5. The van der Waals surface area contributed by atoms with Crippen molar-refractivity contribution < 1.29 is 14.3 Å². The lowest BCUT2D eigenvalue weighted by Crippen LogP contribution is -2.17. The summed E-state index contributed by atoms with van der Waals surface area (Å²) in [5, 5.41) is 2.50. The maximum Gasteiger partial charge on any atom is 0.290 e. The fourth-order valence-electron chi connectivity index (χ4n) is 1.88. The molecule has 4 nitrogen and oxygen atoms in total. The van der Waals surface area contributed by atoms with Crippen LogP contribution in [0.15, 0.2) is 53.4 Å². The number of nitrogens with one attached hydrogen (secondary N) is 1. The quantitative estimate of drug-likeness (QED) is 0.844. The van der Waals surface area contributed by atoms with E-state index in [0.29, 0.717) is 21.4 Å². The Morgan fingerprint density at radius 3 is 2.50 bits per heavy atom. The molecule has 0 unspecified atom stereocenters. The van der Waals surface area contributed by atoms with E-state index in [1.165, 1.54) is 0 Å². The molecular formula is C16H10ClNO3S. The second-order valence-corrected chi connectivity index (χ2v) is 5.93. The number of benzene rings is 2. The van der Waals surface area contributed by atoms with E-state index in [9.17, 15) is 9.59 Å². The van der Waals surface area contributed by atoms with Crippen molar-refractivity contribution >= 4 is 40.6 Å². The van der Waals surface area contributed by atoms with Gasteiger partial charge in [-0.15, -0.1) is 0 Å². The van der Waals surface area contributed by atoms with Crippen LogP contribution in [-0.2, 0) is 4.79 Å². The number of hydrogen-bond acceptors (Lipinski definition) is 4. The zero-order valence-electron chi connectivity index (χ0n) is 11.2. The normalized spacial score (nSPS) is 16.0. The molecule has 1 fully saturated rings. The lowest BCUT2D eigenvalue weighted by Gasteiger charge is -2.06. The minimum Gasteiger partial charge on any atom is -0.457 e. The van der Waals surface area contributed by atoms with Gasteiger partial charge in [-0.3, -0.25) is 14.9 Å². The molecule has 0 atom stereocenters. The molecule has 1 aliphatic heterocycles. The topological polar surface area (TPSA) is 55.4 Å². The standard InChI is InChI=1S/C16H10ClNO3S/c17-11-4-6-12(7-5-11)21-13-3-1-2-10(8-13)9-14-15(19)18-16(20)22-14/h1-9H,(H,18,19,20)/b14-9-. The first-order valence-corrected chi connectivity index (χ1v) is 7.58. The van der Waals surface area contributed by atoms with Crippen molar-refractivity contribution in [2.45, 2.75) is 0 Å². The molecule has 0 aromatic heterocycles. The maximum absolute atomic E-state index is 11.5. The van der Waals surface area contributed by atoms with Crippen molar-refractivity contribution in [2.75, 3.05) is 0 Å². The van der Waals surface area contributed by atoms with E-state index >= 15 is 0 Å². The SMILES string of the molecule is O=C1NC(=O)/C(=C/c2cccc(Oc3ccc(Cl)cc3)c2)S1. The molecule has 0 spiro atoms. The summed E-state index contributed by atoms with van der Waals surface area (Å²) in [6, 6.07) is 14.3. The third-order valence-electron chi connectivity index (χ3n) is 2.85. The highest BCUT2D eigenvalue weighted by molar-refractivity contribution is 8.18. The van der Waals surface area contributed by atoms with Gasteiger partial charge in [0, 0.05) is 5.02 Å². The van der Waals surface area contributed by atoms with Crippen molar-refractivity contribution in [2.24, 2.45) is 0 Å². The molecule has 1 heterocycles. The highest BCUT2D eigenvalue weighted by Crippen LogP contribution is 2.28. The van der Waals surface area contributed by atoms with E-state index in [4.69, 9.17) is 16.3 Å². The Kier molecular flexibility index (Phi) is 4.18. The van der Waals surface area contributed by atoms with Crippen LogP contribution in [0.4, 0.5) is 4.79 Å². The summed E-state index contributed by atoms with van der Waals surface area (Å²) in [7, 11) is 0. The fraction of sp³-hybridized carbons (Fsp3) is 0. The van der Waals surface area contributed by atoms with Crippen molar-refractivity contribution in [3.05, 3.63) is 64.0 Å². The highest BCUT2D eigenvalue weighted by Gasteiger charge is 2.24. The van der Waals surface area contributed by atoms with Gasteiger partial charge in [0.25, 0.3) is 11.1 Å². The van der Waals surface area contributed by atoms with E-state index in [-0.39, 0.29) is 11.1 Å². The molecule has 1 N–H and O–H groups in total. The Bertz CT molecular complexity index is 771. The zero-order chi connectivity index (χ0) is 15.5. The van der Waals surface area contributed by atoms with Crippen LogP contribution in [0.1, 0.15) is 5.56 Å². The Hall–Kier alpha value is -2.24. The molecule has 22 heavy (non-hydrogen) atoms. The predicted molar refractivity (Wildman–Crippen MR) is 87.1 cm³/mol. The van der Waals surface area contributed by atoms with Crippen LogP contribution in [0.2, 0.25) is 5.02 Å². The summed E-state index contributed by atoms with van der Waals surface area (Å²) >= 11 is 6.72. The third kappa shape index (κ3) is 3.50. The van der Waals surface area contributed by atoms with Crippen molar-refractivity contribution in [1.29, 1.82) is 0 Å². The van der Waals surface area contributed by atoms with Gasteiger partial charge in [0.2, 0.25) is 0 Å². The van der Waals surface area contributed by atoms with E-state index < -0.39 is 0 Å². The average Bonchev–Trinajstić information content (AvgIpc) is 2.80. The second kappa shape index (κ2) is 6.25. The molecule has 0 bridgehead atoms. The number of amides is 2. The van der Waals surface area contributed by atoms with Gasteiger partial charge in [0.1, 0.15) is 11.5 Å². The number of rotatable bonds is 3. The Labute approximate surface area is 136 Å². The van der Waals surface area contributed by atoms with Crippen molar-refractivity contribution in [1.82, 2.24) is 5.32 Å². The van der Waals surface area contributed by atoms with E-state index in [0.717, 1.165) is 17.3 Å². The Morgan fingerprint density at radius 1 is 1.05 bits per heavy atom. The number of hydrogen-bond donors (Lipinski definition) is 1. The summed E-state index contributed by atoms with van der Waals surface area (Å²) in [6.45, 7) is 0. The number of carbonyl (C=O) groups excluding carboxylic acids is 2. The zero-order valence-corrected chi connectivity index (χ0v) is 12.8. The molecule has 2 aromatic carbocycles. The molecule has 0 saturated carbocycles. The lowest BCUT2D eigenvalue weighted by molar-refractivity contribution is -0.115. The Balaban J connectivity index is 1.81. The van der Waals surface area contributed by atoms with E-state index in [2.05, 4.69) is 5.32 Å². The van der Waals surface area contributed by atoms with Crippen LogP contribution in [0.25, 0.3) is 6.08 Å². The molecule has 6 heteroatoms. The molecule has 0 radical (unpaired) electrons. The van der Waals surface area contributed by atoms with Gasteiger partial charge in [-0.1, -0.05) is 23.7 Å². The molecule has 1 aliphatic rings. The van der Waals surface area contributed by atoms with Crippen LogP contribution in [-0.4, -0.2) is 11.1 Å². The summed E-state index contributed by atoms with van der Waals surface area (Å²) in [5.41, 5.74) is 0.777. The summed E-state index contributed by atoms with van der Waals surface area (Å²) in [4.78, 5) is 23.0. The second-order valence-electron chi connectivity index (χ2n) is 4.48. The average molecular weight is 332 g/mol. The lowest BCUT2D eigenvalue weighted by atomic mass is 10.2. The molecule has 3 rings (SSSR count). The summed E-state index contributed by atoms with van der Waals surface area (Å²) < 4.78 is 5.72. The molecule has 110 valence electrons. The molecule has 2 amide bonds. The third-order valence-corrected chi connectivity index (χ3v) is 3.91. The first kappa shape index (κ1) is 14.7. The monoisotopic (exact) mass is 331 g/mol. The number of imide groups is 1. The van der Waals surface area contributed by atoms with Gasteiger partial charge in [-0.25, -0.2) is 0 Å². The van der Waals surface area contributed by atoms with Crippen LogP contribution in [0.5, 0.6) is 11.5 Å². The Morgan fingerprint density at radius 2 is 1.82 bits per heavy atom. The van der Waals surface area contributed by atoms with Crippen LogP contribution >= 0.6 is 23.4 Å². The molecule has 2 aromatic rings. The number of thioether (sulfide) groups is 1. The van der Waals surface area contributed by atoms with Gasteiger partial charge >= 0.3 is 0 Å². The fourth-order valence-corrected chi connectivity index (χ4v) is 2.69. The summed E-state index contributed by atoms with van der Waals surface area (Å²) in [5.74, 6) is 0.919. The van der Waals surface area contributed by atoms with Crippen LogP contribution < -0.4 is 10.1 Å². The predicted octanol–water partition coefficient (Wildman–Crippen LogP) is 4.46. The first-order chi connectivity index (χ1) is 10.6. The number of halogens is 1. The van der Waals surface area contributed by atoms with Gasteiger partial charge in [0.15, 0.2) is 0 Å². The molecule has 0 aliphatic carbocycles. The summed E-state index contributed by atoms with van der Waals surface area (Å²) in [6.07, 6.45) is 1.65. The molecular weight excluding hydrogens is 322 g/mol. The minimum absolute atomic E-state index is 0.357. The maximum atomic E-state index is 11.5. The minimum atomic E-state index is -0.376. The van der Waals surface area contributed by atoms with E-state index in [1.807, 2.05) is 18.2 Å². The van der Waals surface area contributed by atoms with Crippen LogP contribution in [0, 0.1) is 0 Å². The largest absolute Gasteiger partial charge is 0.457 e. The van der Waals surface area contributed by atoms with E-state index in [1.54, 1.807) is 36.4 Å². The smallest absolute Gasteiger partial charge is 0.290 e. The van der Waals surface area contributed by atoms with Crippen molar-refractivity contribution in [3.63, 3.8) is 0 Å². The first-order valence-electron chi connectivity index (χ1n) is 6.38. The van der Waals surface area contributed by atoms with Gasteiger partial charge in [0.05, 0.1) is 4.91 Å². The number of carbonyl (C=O) groups is 2. The molecule has 1 saturated heterocycles. The van der Waals surface area contributed by atoms with Gasteiger partial charge < -0.3 is 4.74 Å². The van der Waals surface area contributed by atoms with Crippen molar-refractivity contribution in [3.8, 4) is 11.5 Å². The number of ether oxygens (including phenoxy) is 1. The van der Waals surface area contributed by atoms with Crippen LogP contribution in [0.3, 0.4) is 0 Å². The van der Waals surface area contributed by atoms with Gasteiger partial charge in [-0.2, -0.15) is 0 Å².